The third-order valence-electron chi connectivity index (χ3n) is 8.08. The molecule has 3 aromatic rings. The average molecular weight is 462 g/mol. The van der Waals surface area contributed by atoms with Crippen molar-refractivity contribution in [1.29, 1.82) is 0 Å². The number of nitrogens with zero attached hydrogens (tertiary/aromatic N) is 5. The minimum atomic E-state index is -0.173. The van der Waals surface area contributed by atoms with Gasteiger partial charge in [0.2, 0.25) is 0 Å². The van der Waals surface area contributed by atoms with E-state index in [-0.39, 0.29) is 11.9 Å². The lowest BCUT2D eigenvalue weighted by Gasteiger charge is -2.23. The summed E-state index contributed by atoms with van der Waals surface area (Å²) in [5.41, 5.74) is 7.00. The van der Waals surface area contributed by atoms with Crippen molar-refractivity contribution in [3.63, 3.8) is 0 Å². The Morgan fingerprint density at radius 1 is 1.26 bits per heavy atom. The Morgan fingerprint density at radius 3 is 2.79 bits per heavy atom. The number of pyridine rings is 1. The summed E-state index contributed by atoms with van der Waals surface area (Å²) in [6.45, 7) is 9.09. The van der Waals surface area contributed by atoms with E-state index in [0.717, 1.165) is 54.4 Å². The highest BCUT2D eigenvalue weighted by Gasteiger charge is 2.55. The van der Waals surface area contributed by atoms with Crippen molar-refractivity contribution < 1.29 is 9.90 Å². The summed E-state index contributed by atoms with van der Waals surface area (Å²) in [6.07, 6.45) is 5.31. The zero-order valence-corrected chi connectivity index (χ0v) is 19.9. The molecule has 9 nitrogen and oxygen atoms in total. The van der Waals surface area contributed by atoms with Crippen molar-refractivity contribution >= 4 is 11.7 Å². The van der Waals surface area contributed by atoms with Crippen molar-refractivity contribution in [3.05, 3.63) is 58.1 Å². The van der Waals surface area contributed by atoms with Crippen LogP contribution in [0.15, 0.2) is 18.6 Å². The molecule has 178 valence electrons. The fraction of sp³-hybridized carbons (Fsp3) is 0.520. The summed E-state index contributed by atoms with van der Waals surface area (Å²) in [5.74, 6) is 2.58. The number of hydrogen-bond acceptors (Lipinski definition) is 6. The number of piperidine rings is 1. The van der Waals surface area contributed by atoms with Crippen LogP contribution >= 0.6 is 0 Å². The standard InChI is InChI=1S/C25H31N7O2/c1-13-6-23(32-8-18-19(9-32)20(18)11-33)27-14(2)17(13)7-31-10-22(26-12-31)25(34)28-21-5-4-16-15(3)29-30-24(16)21/h6,10,12,18-21,33H,4-5,7-9,11H2,1-3H3,(H,28,34)(H,29,30)/t18-,19+,20?,21-/m1/s1. The molecule has 2 aliphatic carbocycles. The Bertz CT molecular complexity index is 1230. The van der Waals surface area contributed by atoms with Crippen LogP contribution in [0.25, 0.3) is 0 Å². The van der Waals surface area contributed by atoms with E-state index in [9.17, 15) is 9.90 Å². The van der Waals surface area contributed by atoms with Crippen LogP contribution < -0.4 is 10.2 Å². The van der Waals surface area contributed by atoms with Gasteiger partial charge in [-0.3, -0.25) is 9.89 Å². The molecular weight excluding hydrogens is 430 g/mol. The van der Waals surface area contributed by atoms with Crippen LogP contribution in [0.4, 0.5) is 5.82 Å². The molecule has 2 fully saturated rings. The molecule has 9 heteroatoms. The highest BCUT2D eigenvalue weighted by atomic mass is 16.3. The second-order valence-electron chi connectivity index (χ2n) is 10.1. The fourth-order valence-electron chi connectivity index (χ4n) is 5.97. The van der Waals surface area contributed by atoms with Gasteiger partial charge in [0.05, 0.1) is 24.6 Å². The minimum absolute atomic E-state index is 0.0666. The SMILES string of the molecule is Cc1cc(N2C[C@@H]3C(CO)[C@@H]3C2)nc(C)c1Cn1cnc(C(=O)N[C@@H]2CCc3c2n[nH]c3C)c1. The van der Waals surface area contributed by atoms with Crippen LogP contribution in [-0.2, 0) is 13.0 Å². The third kappa shape index (κ3) is 3.50. The smallest absolute Gasteiger partial charge is 0.272 e. The van der Waals surface area contributed by atoms with Gasteiger partial charge in [-0.1, -0.05) is 0 Å². The fourth-order valence-corrected chi connectivity index (χ4v) is 5.97. The number of anilines is 1. The third-order valence-corrected chi connectivity index (χ3v) is 8.08. The molecule has 1 unspecified atom stereocenters. The van der Waals surface area contributed by atoms with Crippen molar-refractivity contribution in [2.45, 2.75) is 46.2 Å². The molecule has 3 aliphatic rings. The molecule has 0 aromatic carbocycles. The Labute approximate surface area is 198 Å². The van der Waals surface area contributed by atoms with Crippen molar-refractivity contribution in [2.24, 2.45) is 17.8 Å². The van der Waals surface area contributed by atoms with E-state index < -0.39 is 0 Å². The largest absolute Gasteiger partial charge is 0.396 e. The molecule has 34 heavy (non-hydrogen) atoms. The lowest BCUT2D eigenvalue weighted by Crippen LogP contribution is -2.27. The van der Waals surface area contributed by atoms with E-state index in [1.807, 2.05) is 18.4 Å². The van der Waals surface area contributed by atoms with Gasteiger partial charge in [0, 0.05) is 37.3 Å². The number of H-pyrrole nitrogens is 1. The van der Waals surface area contributed by atoms with E-state index in [0.29, 0.717) is 36.6 Å². The zero-order valence-electron chi connectivity index (χ0n) is 19.9. The maximum atomic E-state index is 12.8. The van der Waals surface area contributed by atoms with Crippen LogP contribution in [-0.4, -0.2) is 55.4 Å². The van der Waals surface area contributed by atoms with Gasteiger partial charge in [-0.15, -0.1) is 0 Å². The molecule has 6 rings (SSSR count). The van der Waals surface area contributed by atoms with E-state index in [4.69, 9.17) is 4.98 Å². The van der Waals surface area contributed by atoms with Crippen LogP contribution in [0.1, 0.15) is 56.7 Å². The van der Waals surface area contributed by atoms with Crippen LogP contribution in [0, 0.1) is 38.5 Å². The van der Waals surface area contributed by atoms with Gasteiger partial charge in [-0.05, 0) is 74.1 Å². The van der Waals surface area contributed by atoms with Gasteiger partial charge in [-0.2, -0.15) is 5.10 Å². The lowest BCUT2D eigenvalue weighted by atomic mass is 10.1. The first-order valence-corrected chi connectivity index (χ1v) is 12.1. The molecule has 4 atom stereocenters. The first-order valence-electron chi connectivity index (χ1n) is 12.1. The van der Waals surface area contributed by atoms with Crippen LogP contribution in [0.5, 0.6) is 0 Å². The number of nitrogens with one attached hydrogen (secondary N) is 2. The van der Waals surface area contributed by atoms with Gasteiger partial charge in [0.25, 0.3) is 5.91 Å². The van der Waals surface area contributed by atoms with Crippen molar-refractivity contribution in [2.75, 3.05) is 24.6 Å². The molecular formula is C25H31N7O2. The lowest BCUT2D eigenvalue weighted by molar-refractivity contribution is 0.0931. The van der Waals surface area contributed by atoms with Gasteiger partial charge in [-0.25, -0.2) is 9.97 Å². The summed E-state index contributed by atoms with van der Waals surface area (Å²) >= 11 is 0. The van der Waals surface area contributed by atoms with E-state index >= 15 is 0 Å². The molecule has 3 N–H and O–H groups in total. The Kier molecular flexibility index (Phi) is 4.98. The number of aliphatic hydroxyl groups is 1. The number of aryl methyl sites for hydroxylation is 3. The summed E-state index contributed by atoms with van der Waals surface area (Å²) in [6, 6.07) is 2.10. The number of aromatic amines is 1. The van der Waals surface area contributed by atoms with Gasteiger partial charge < -0.3 is 19.9 Å². The summed E-state index contributed by atoms with van der Waals surface area (Å²) < 4.78 is 1.95. The number of carbonyl (C=O) groups excluding carboxylic acids is 1. The number of rotatable bonds is 6. The Hall–Kier alpha value is -3.20. The van der Waals surface area contributed by atoms with Crippen molar-refractivity contribution in [1.82, 2.24) is 30.0 Å². The monoisotopic (exact) mass is 461 g/mol. The molecule has 1 aliphatic heterocycles. The summed E-state index contributed by atoms with van der Waals surface area (Å²) in [5, 5.41) is 19.9. The molecule has 0 spiro atoms. The first kappa shape index (κ1) is 21.3. The second kappa shape index (κ2) is 7.94. The maximum absolute atomic E-state index is 12.8. The number of aliphatic hydroxyl groups excluding tert-OH is 1. The molecule has 1 amide bonds. The zero-order chi connectivity index (χ0) is 23.6. The quantitative estimate of drug-likeness (QED) is 0.518. The maximum Gasteiger partial charge on any atom is 0.272 e. The van der Waals surface area contributed by atoms with Crippen LogP contribution in [0.2, 0.25) is 0 Å². The molecule has 3 aromatic heterocycles. The average Bonchev–Trinajstić information content (AvgIpc) is 3.36. The highest BCUT2D eigenvalue weighted by Crippen LogP contribution is 2.52. The van der Waals surface area contributed by atoms with Gasteiger partial charge >= 0.3 is 0 Å². The molecule has 1 saturated heterocycles. The molecule has 4 heterocycles. The van der Waals surface area contributed by atoms with E-state index in [2.05, 4.69) is 38.4 Å². The van der Waals surface area contributed by atoms with Gasteiger partial charge in [0.1, 0.15) is 11.5 Å². The normalized spacial score (nSPS) is 24.9. The molecule has 0 radical (unpaired) electrons. The number of aromatic nitrogens is 5. The predicted octanol–water partition coefficient (Wildman–Crippen LogP) is 2.07. The Balaban J connectivity index is 1.12. The van der Waals surface area contributed by atoms with E-state index in [1.54, 1.807) is 12.5 Å². The number of imidazole rings is 1. The molecule has 1 saturated carbocycles. The number of carbonyl (C=O) groups is 1. The predicted molar refractivity (Wildman–Crippen MR) is 127 cm³/mol. The number of amides is 1. The minimum Gasteiger partial charge on any atom is -0.396 e. The highest BCUT2D eigenvalue weighted by molar-refractivity contribution is 5.92. The summed E-state index contributed by atoms with van der Waals surface area (Å²) in [7, 11) is 0. The topological polar surface area (TPSA) is 112 Å². The molecule has 0 bridgehead atoms. The van der Waals surface area contributed by atoms with Crippen LogP contribution in [0.3, 0.4) is 0 Å². The first-order chi connectivity index (χ1) is 16.4. The number of fused-ring (bicyclic) bond motifs is 2. The second-order valence-corrected chi connectivity index (χ2v) is 10.1. The Morgan fingerprint density at radius 2 is 2.06 bits per heavy atom. The van der Waals surface area contributed by atoms with E-state index in [1.165, 1.54) is 11.1 Å². The number of hydrogen-bond donors (Lipinski definition) is 3. The van der Waals surface area contributed by atoms with Crippen molar-refractivity contribution in [3.8, 4) is 0 Å². The summed E-state index contributed by atoms with van der Waals surface area (Å²) in [4.78, 5) is 24.4. The van der Waals surface area contributed by atoms with Gasteiger partial charge in [0.15, 0.2) is 0 Å².